The van der Waals surface area contributed by atoms with Crippen LogP contribution in [0.15, 0.2) is 22.9 Å². The molecule has 0 unspecified atom stereocenters. The van der Waals surface area contributed by atoms with Crippen LogP contribution in [0.5, 0.6) is 0 Å². The van der Waals surface area contributed by atoms with Crippen LogP contribution in [0.3, 0.4) is 0 Å². The summed E-state index contributed by atoms with van der Waals surface area (Å²) in [5.74, 6) is 0. The molecule has 0 aliphatic rings. The number of pyridine rings is 1. The van der Waals surface area contributed by atoms with Crippen LogP contribution in [0.25, 0.3) is 11.0 Å². The molecule has 0 aliphatic heterocycles. The maximum atomic E-state index is 5.65. The van der Waals surface area contributed by atoms with Crippen molar-refractivity contribution in [1.82, 2.24) is 14.8 Å². The number of rotatable bonds is 5. The van der Waals surface area contributed by atoms with E-state index in [2.05, 4.69) is 45.7 Å². The van der Waals surface area contributed by atoms with Crippen molar-refractivity contribution in [1.29, 1.82) is 0 Å². The molecule has 0 amide bonds. The van der Waals surface area contributed by atoms with Crippen molar-refractivity contribution < 1.29 is 4.74 Å². The number of nitrogens with zero attached hydrogens (tertiary/aromatic N) is 3. The molecule has 2 aromatic rings. The van der Waals surface area contributed by atoms with Gasteiger partial charge in [0, 0.05) is 36.9 Å². The van der Waals surface area contributed by atoms with Crippen LogP contribution in [-0.2, 0) is 11.5 Å². The second-order valence-electron chi connectivity index (χ2n) is 5.58. The molecular weight excluding hydrogens is 310 g/mol. The summed E-state index contributed by atoms with van der Waals surface area (Å²) in [5.41, 5.74) is 0.756. The lowest BCUT2D eigenvalue weighted by Gasteiger charge is -2.15. The van der Waals surface area contributed by atoms with Gasteiger partial charge >= 0.3 is 0 Å². The predicted molar refractivity (Wildman–Crippen MR) is 79.3 cm³/mol. The van der Waals surface area contributed by atoms with E-state index in [0.29, 0.717) is 6.73 Å². The Kier molecular flexibility index (Phi) is 4.19. The topological polar surface area (TPSA) is 39.9 Å². The molecule has 0 radical (unpaired) electrons. The zero-order valence-corrected chi connectivity index (χ0v) is 13.6. The van der Waals surface area contributed by atoms with Gasteiger partial charge in [0.2, 0.25) is 0 Å². The van der Waals surface area contributed by atoms with Gasteiger partial charge in [-0.25, -0.2) is 9.67 Å². The number of hydrogen-bond acceptors (Lipinski definition) is 3. The Bertz CT molecular complexity index is 536. The van der Waals surface area contributed by atoms with E-state index in [9.17, 15) is 0 Å². The molecule has 0 fully saturated rings. The maximum Gasteiger partial charge on any atom is 0.181 e. The molecule has 0 aliphatic carbocycles. The summed E-state index contributed by atoms with van der Waals surface area (Å²) in [7, 11) is -1.01. The Balaban J connectivity index is 1.92. The highest BCUT2D eigenvalue weighted by atomic mass is 79.9. The van der Waals surface area contributed by atoms with E-state index in [1.54, 1.807) is 10.9 Å². The van der Waals surface area contributed by atoms with E-state index in [0.717, 1.165) is 22.1 Å². The van der Waals surface area contributed by atoms with Gasteiger partial charge in [0.25, 0.3) is 0 Å². The molecule has 0 aromatic carbocycles. The Labute approximate surface area is 116 Å². The van der Waals surface area contributed by atoms with Gasteiger partial charge in [0.1, 0.15) is 6.73 Å². The van der Waals surface area contributed by atoms with Gasteiger partial charge in [-0.15, -0.1) is 0 Å². The average Bonchev–Trinajstić information content (AvgIpc) is 2.65. The molecule has 0 saturated heterocycles. The number of hydrogen-bond donors (Lipinski definition) is 0. The number of aromatic nitrogens is 3. The monoisotopic (exact) mass is 327 g/mol. The van der Waals surface area contributed by atoms with Gasteiger partial charge in [-0.1, -0.05) is 19.6 Å². The van der Waals surface area contributed by atoms with Crippen LogP contribution < -0.4 is 0 Å². The summed E-state index contributed by atoms with van der Waals surface area (Å²) in [4.78, 5) is 4.24. The summed E-state index contributed by atoms with van der Waals surface area (Å²) >= 11 is 3.40. The second-order valence-corrected chi connectivity index (χ2v) is 12.1. The van der Waals surface area contributed by atoms with Crippen LogP contribution in [-0.4, -0.2) is 29.4 Å². The third kappa shape index (κ3) is 3.89. The Hall–Kier alpha value is -0.723. The van der Waals surface area contributed by atoms with E-state index >= 15 is 0 Å². The third-order valence-electron chi connectivity index (χ3n) is 2.59. The lowest BCUT2D eigenvalue weighted by molar-refractivity contribution is 0.0790. The van der Waals surface area contributed by atoms with Crippen molar-refractivity contribution in [3.63, 3.8) is 0 Å². The van der Waals surface area contributed by atoms with Crippen LogP contribution in [0.2, 0.25) is 25.7 Å². The molecule has 18 heavy (non-hydrogen) atoms. The minimum Gasteiger partial charge on any atom is -0.360 e. The molecule has 98 valence electrons. The molecule has 2 heterocycles. The van der Waals surface area contributed by atoms with Gasteiger partial charge in [-0.05, 0) is 28.0 Å². The fourth-order valence-electron chi connectivity index (χ4n) is 1.54. The maximum absolute atomic E-state index is 5.65. The van der Waals surface area contributed by atoms with E-state index in [-0.39, 0.29) is 0 Å². The second kappa shape index (κ2) is 5.50. The van der Waals surface area contributed by atoms with Crippen LogP contribution in [0, 0.1) is 0 Å². The highest BCUT2D eigenvalue weighted by molar-refractivity contribution is 9.10. The minimum absolute atomic E-state index is 0.498. The Morgan fingerprint density at radius 1 is 1.39 bits per heavy atom. The highest BCUT2D eigenvalue weighted by Gasteiger charge is 2.12. The van der Waals surface area contributed by atoms with E-state index in [4.69, 9.17) is 4.74 Å². The smallest absolute Gasteiger partial charge is 0.181 e. The van der Waals surface area contributed by atoms with Crippen LogP contribution in [0.1, 0.15) is 0 Å². The summed E-state index contributed by atoms with van der Waals surface area (Å²) in [6.45, 7) is 8.35. The first-order valence-electron chi connectivity index (χ1n) is 6.00. The van der Waals surface area contributed by atoms with Crippen molar-refractivity contribution in [3.8, 4) is 0 Å². The van der Waals surface area contributed by atoms with E-state index in [1.807, 2.05) is 12.3 Å². The van der Waals surface area contributed by atoms with Crippen LogP contribution in [0.4, 0.5) is 0 Å². The van der Waals surface area contributed by atoms with Gasteiger partial charge in [0.15, 0.2) is 5.65 Å². The SMILES string of the molecule is C[Si](C)(C)CCOCn1cc2cc(Br)cnc2n1. The summed E-state index contributed by atoms with van der Waals surface area (Å²) in [5, 5.41) is 5.38. The van der Waals surface area contributed by atoms with Crippen molar-refractivity contribution in [3.05, 3.63) is 22.9 Å². The summed E-state index contributed by atoms with van der Waals surface area (Å²) < 4.78 is 8.42. The fraction of sp³-hybridized carbons (Fsp3) is 0.500. The molecular formula is C12H18BrN3OSi. The zero-order chi connectivity index (χ0) is 13.2. The lowest BCUT2D eigenvalue weighted by Crippen LogP contribution is -2.22. The van der Waals surface area contributed by atoms with Gasteiger partial charge in [0.05, 0.1) is 0 Å². The average molecular weight is 328 g/mol. The lowest BCUT2D eigenvalue weighted by atomic mass is 10.4. The first-order valence-corrected chi connectivity index (χ1v) is 10.5. The quantitative estimate of drug-likeness (QED) is 0.623. The molecule has 4 nitrogen and oxygen atoms in total. The highest BCUT2D eigenvalue weighted by Crippen LogP contribution is 2.15. The van der Waals surface area contributed by atoms with Gasteiger partial charge in [-0.3, -0.25) is 0 Å². The molecule has 0 spiro atoms. The molecule has 2 aromatic heterocycles. The van der Waals surface area contributed by atoms with Crippen LogP contribution >= 0.6 is 15.9 Å². The summed E-state index contributed by atoms with van der Waals surface area (Å²) in [6.07, 6.45) is 3.72. The fourth-order valence-corrected chi connectivity index (χ4v) is 2.65. The molecule has 0 N–H and O–H groups in total. The van der Waals surface area contributed by atoms with Crippen molar-refractivity contribution >= 4 is 35.0 Å². The Morgan fingerprint density at radius 3 is 2.89 bits per heavy atom. The Morgan fingerprint density at radius 2 is 2.17 bits per heavy atom. The van der Waals surface area contributed by atoms with Crippen molar-refractivity contribution in [2.24, 2.45) is 0 Å². The molecule has 0 atom stereocenters. The minimum atomic E-state index is -1.01. The molecule has 0 saturated carbocycles. The van der Waals surface area contributed by atoms with Gasteiger partial charge in [-0.2, -0.15) is 5.10 Å². The largest absolute Gasteiger partial charge is 0.360 e. The van der Waals surface area contributed by atoms with E-state index in [1.165, 1.54) is 6.04 Å². The first-order chi connectivity index (χ1) is 8.44. The molecule has 6 heteroatoms. The normalized spacial score (nSPS) is 12.2. The van der Waals surface area contributed by atoms with Gasteiger partial charge < -0.3 is 4.74 Å². The third-order valence-corrected chi connectivity index (χ3v) is 4.73. The van der Waals surface area contributed by atoms with Crippen molar-refractivity contribution in [2.75, 3.05) is 6.61 Å². The zero-order valence-electron chi connectivity index (χ0n) is 11.0. The summed E-state index contributed by atoms with van der Waals surface area (Å²) in [6, 6.07) is 3.19. The molecule has 2 rings (SSSR count). The predicted octanol–water partition coefficient (Wildman–Crippen LogP) is 3.51. The standard InChI is InChI=1S/C12H18BrN3OSi/c1-18(2,3)5-4-17-9-16-8-10-6-11(13)7-14-12(10)15-16/h6-8H,4-5,9H2,1-3H3. The van der Waals surface area contributed by atoms with E-state index < -0.39 is 8.07 Å². The number of halogens is 1. The number of fused-ring (bicyclic) bond motifs is 1. The number of ether oxygens (including phenoxy) is 1. The molecule has 0 bridgehead atoms. The van der Waals surface area contributed by atoms with Crippen molar-refractivity contribution in [2.45, 2.75) is 32.4 Å². The first kappa shape index (κ1) is 13.7.